The first-order chi connectivity index (χ1) is 14.1. The summed E-state index contributed by atoms with van der Waals surface area (Å²) < 4.78 is 12.3. The Morgan fingerprint density at radius 2 is 1.90 bits per heavy atom. The lowest BCUT2D eigenvalue weighted by Crippen LogP contribution is -2.35. The molecule has 1 aromatic carbocycles. The summed E-state index contributed by atoms with van der Waals surface area (Å²) in [5.74, 6) is 0.540. The molecule has 0 aliphatic carbocycles. The lowest BCUT2D eigenvalue weighted by atomic mass is 10.1. The van der Waals surface area contributed by atoms with E-state index in [4.69, 9.17) is 4.42 Å². The van der Waals surface area contributed by atoms with Crippen LogP contribution in [0.5, 0.6) is 0 Å². The normalized spacial score (nSPS) is 15.4. The van der Waals surface area contributed by atoms with Crippen LogP contribution in [0.15, 0.2) is 47.0 Å². The molecule has 1 aliphatic heterocycles. The van der Waals surface area contributed by atoms with Gasteiger partial charge in [0.1, 0.15) is 5.76 Å². The lowest BCUT2D eigenvalue weighted by Gasteiger charge is -2.21. The number of rotatable bonds is 4. The van der Waals surface area contributed by atoms with Crippen LogP contribution in [0.4, 0.5) is 0 Å². The molecular weight excluding hydrogens is 370 g/mol. The molecule has 0 atom stereocenters. The fraction of sp³-hybridized carbons (Fsp3) is 0.364. The molecule has 3 aromatic rings. The van der Waals surface area contributed by atoms with E-state index >= 15 is 0 Å². The zero-order chi connectivity index (χ0) is 20.4. The van der Waals surface area contributed by atoms with Crippen LogP contribution in [-0.4, -0.2) is 59.5 Å². The summed E-state index contributed by atoms with van der Waals surface area (Å²) in [5.41, 5.74) is 1.82. The molecule has 4 rings (SSSR count). The number of esters is 1. The average Bonchev–Trinajstić information content (AvgIpc) is 3.25. The quantitative estimate of drug-likeness (QED) is 0.636. The number of aryl methyl sites for hydroxylation is 1. The van der Waals surface area contributed by atoms with E-state index in [0.717, 1.165) is 48.3 Å². The van der Waals surface area contributed by atoms with Crippen LogP contribution in [0.3, 0.4) is 0 Å². The third-order valence-corrected chi connectivity index (χ3v) is 5.43. The van der Waals surface area contributed by atoms with E-state index in [1.807, 2.05) is 47.0 Å². The van der Waals surface area contributed by atoms with Crippen molar-refractivity contribution in [1.82, 2.24) is 14.4 Å². The van der Waals surface area contributed by atoms with Gasteiger partial charge in [0.2, 0.25) is 5.76 Å². The molecule has 2 aromatic heterocycles. The van der Waals surface area contributed by atoms with Crippen molar-refractivity contribution >= 4 is 22.8 Å². The Bertz CT molecular complexity index is 1040. The molecular formula is C22H25N3O4. The minimum atomic E-state index is -0.473. The van der Waals surface area contributed by atoms with Crippen molar-refractivity contribution in [2.45, 2.75) is 13.0 Å². The van der Waals surface area contributed by atoms with E-state index < -0.39 is 5.97 Å². The molecule has 1 aliphatic rings. The van der Waals surface area contributed by atoms with Gasteiger partial charge in [0, 0.05) is 50.3 Å². The molecule has 7 heteroatoms. The van der Waals surface area contributed by atoms with Crippen LogP contribution in [0.25, 0.3) is 10.9 Å². The topological polar surface area (TPSA) is 67.9 Å². The molecule has 1 fully saturated rings. The molecule has 0 bridgehead atoms. The number of methoxy groups -OCH3 is 1. The molecule has 29 heavy (non-hydrogen) atoms. The van der Waals surface area contributed by atoms with Gasteiger partial charge in [0.05, 0.1) is 19.2 Å². The summed E-state index contributed by atoms with van der Waals surface area (Å²) in [5, 5.41) is 0.993. The number of aromatic nitrogens is 1. The van der Waals surface area contributed by atoms with Crippen molar-refractivity contribution < 1.29 is 18.7 Å². The Morgan fingerprint density at radius 3 is 2.72 bits per heavy atom. The van der Waals surface area contributed by atoms with Crippen LogP contribution in [0.2, 0.25) is 0 Å². The summed E-state index contributed by atoms with van der Waals surface area (Å²) in [7, 11) is 3.30. The van der Waals surface area contributed by atoms with Crippen molar-refractivity contribution in [3.05, 3.63) is 59.7 Å². The number of carbonyl (C=O) groups excluding carboxylic acids is 2. The number of fused-ring (bicyclic) bond motifs is 1. The maximum absolute atomic E-state index is 13.2. The molecule has 0 N–H and O–H groups in total. The van der Waals surface area contributed by atoms with Gasteiger partial charge in [-0.25, -0.2) is 4.79 Å². The highest BCUT2D eigenvalue weighted by molar-refractivity contribution is 6.07. The third-order valence-electron chi connectivity index (χ3n) is 5.43. The lowest BCUT2D eigenvalue weighted by molar-refractivity contribution is 0.0560. The van der Waals surface area contributed by atoms with E-state index in [2.05, 4.69) is 9.64 Å². The monoisotopic (exact) mass is 395 g/mol. The first-order valence-electron chi connectivity index (χ1n) is 9.79. The zero-order valence-electron chi connectivity index (χ0n) is 16.8. The van der Waals surface area contributed by atoms with Gasteiger partial charge < -0.3 is 18.6 Å². The average molecular weight is 395 g/mol. The Kier molecular flexibility index (Phi) is 5.40. The molecule has 3 heterocycles. The fourth-order valence-electron chi connectivity index (χ4n) is 3.91. The first-order valence-corrected chi connectivity index (χ1v) is 9.79. The largest absolute Gasteiger partial charge is 0.463 e. The molecule has 1 amide bonds. The number of ether oxygens (including phenoxy) is 1. The number of para-hydroxylation sites is 1. The van der Waals surface area contributed by atoms with E-state index in [0.29, 0.717) is 13.1 Å². The summed E-state index contributed by atoms with van der Waals surface area (Å²) in [4.78, 5) is 28.9. The van der Waals surface area contributed by atoms with Gasteiger partial charge in [-0.2, -0.15) is 0 Å². The predicted molar refractivity (Wildman–Crippen MR) is 109 cm³/mol. The highest BCUT2D eigenvalue weighted by Gasteiger charge is 2.23. The van der Waals surface area contributed by atoms with Crippen molar-refractivity contribution in [2.75, 3.05) is 33.3 Å². The maximum Gasteiger partial charge on any atom is 0.373 e. The first kappa shape index (κ1) is 19.3. The van der Waals surface area contributed by atoms with Gasteiger partial charge in [-0.05, 0) is 24.6 Å². The minimum absolute atomic E-state index is 0.0784. The molecule has 1 saturated heterocycles. The number of furan rings is 1. The number of hydrogen-bond donors (Lipinski definition) is 0. The number of nitrogens with zero attached hydrogens (tertiary/aromatic N) is 3. The Morgan fingerprint density at radius 1 is 1.07 bits per heavy atom. The van der Waals surface area contributed by atoms with Gasteiger partial charge in [-0.15, -0.1) is 0 Å². The van der Waals surface area contributed by atoms with Crippen molar-refractivity contribution in [1.29, 1.82) is 0 Å². The second-order valence-electron chi connectivity index (χ2n) is 7.35. The van der Waals surface area contributed by atoms with Gasteiger partial charge in [-0.3, -0.25) is 9.69 Å². The fourth-order valence-corrected chi connectivity index (χ4v) is 3.91. The van der Waals surface area contributed by atoms with Gasteiger partial charge in [-0.1, -0.05) is 18.2 Å². The van der Waals surface area contributed by atoms with E-state index in [1.165, 1.54) is 7.11 Å². The second-order valence-corrected chi connectivity index (χ2v) is 7.35. The van der Waals surface area contributed by atoms with Crippen LogP contribution in [0.1, 0.15) is 33.1 Å². The minimum Gasteiger partial charge on any atom is -0.463 e. The summed E-state index contributed by atoms with van der Waals surface area (Å²) in [6, 6.07) is 11.4. The van der Waals surface area contributed by atoms with Gasteiger partial charge in [0.25, 0.3) is 5.91 Å². The summed E-state index contributed by atoms with van der Waals surface area (Å²) in [6.07, 6.45) is 2.81. The predicted octanol–water partition coefficient (Wildman–Crippen LogP) is 2.91. The smallest absolute Gasteiger partial charge is 0.373 e. The molecule has 7 nitrogen and oxygen atoms in total. The van der Waals surface area contributed by atoms with Crippen LogP contribution in [-0.2, 0) is 18.3 Å². The number of hydrogen-bond acceptors (Lipinski definition) is 5. The highest BCUT2D eigenvalue weighted by Crippen LogP contribution is 2.22. The molecule has 0 radical (unpaired) electrons. The van der Waals surface area contributed by atoms with Crippen LogP contribution in [0, 0.1) is 0 Å². The molecule has 0 spiro atoms. The number of benzene rings is 1. The van der Waals surface area contributed by atoms with E-state index in [1.54, 1.807) is 12.1 Å². The van der Waals surface area contributed by atoms with Crippen molar-refractivity contribution in [3.63, 3.8) is 0 Å². The van der Waals surface area contributed by atoms with E-state index in [-0.39, 0.29) is 11.7 Å². The Hall–Kier alpha value is -3.06. The van der Waals surface area contributed by atoms with Crippen LogP contribution >= 0.6 is 0 Å². The SMILES string of the molecule is COC(=O)c1ccc(CN2CCCN(C(=O)c3cn(C)c4ccccc34)CC2)o1. The second kappa shape index (κ2) is 8.13. The maximum atomic E-state index is 13.2. The summed E-state index contributed by atoms with van der Waals surface area (Å²) >= 11 is 0. The molecule has 0 saturated carbocycles. The van der Waals surface area contributed by atoms with Crippen LogP contribution < -0.4 is 0 Å². The Balaban J connectivity index is 1.42. The number of carbonyl (C=O) groups is 2. The van der Waals surface area contributed by atoms with Gasteiger partial charge >= 0.3 is 5.97 Å². The molecule has 152 valence electrons. The van der Waals surface area contributed by atoms with Gasteiger partial charge in [0.15, 0.2) is 0 Å². The Labute approximate surface area is 169 Å². The number of amides is 1. The highest BCUT2D eigenvalue weighted by atomic mass is 16.5. The standard InChI is InChI=1S/C22H25N3O4/c1-23-15-18(17-6-3-4-7-19(17)23)21(26)25-11-5-10-24(12-13-25)14-16-8-9-20(29-16)22(27)28-2/h3-4,6-9,15H,5,10-14H2,1-2H3. The van der Waals surface area contributed by atoms with Crippen molar-refractivity contribution in [2.24, 2.45) is 7.05 Å². The third kappa shape index (κ3) is 3.91. The summed E-state index contributed by atoms with van der Waals surface area (Å²) in [6.45, 7) is 3.61. The zero-order valence-corrected chi connectivity index (χ0v) is 16.8. The van der Waals surface area contributed by atoms with E-state index in [9.17, 15) is 9.59 Å². The molecule has 0 unspecified atom stereocenters. The van der Waals surface area contributed by atoms with Crippen molar-refractivity contribution in [3.8, 4) is 0 Å².